The molecule has 3 heterocycles. The number of hydrogen-bond acceptors (Lipinski definition) is 6. The van der Waals surface area contributed by atoms with Crippen molar-refractivity contribution in [2.24, 2.45) is 0 Å². The molecular formula is C22H25F3N6O2. The molecule has 3 N–H and O–H groups in total. The Labute approximate surface area is 188 Å². The van der Waals surface area contributed by atoms with Crippen LogP contribution in [0.1, 0.15) is 47.2 Å². The number of carbonyl (C=O) groups is 1. The molecule has 8 nitrogen and oxygen atoms in total. The minimum atomic E-state index is -4.50. The van der Waals surface area contributed by atoms with Crippen LogP contribution in [0, 0.1) is 6.92 Å². The predicted molar refractivity (Wildman–Crippen MR) is 117 cm³/mol. The lowest BCUT2D eigenvalue weighted by atomic mass is 10.0. The number of fused-ring (bicyclic) bond motifs is 1. The molecule has 4 rings (SSSR count). The van der Waals surface area contributed by atoms with Crippen LogP contribution in [-0.2, 0) is 10.9 Å². The van der Waals surface area contributed by atoms with Gasteiger partial charge in [0.2, 0.25) is 0 Å². The molecule has 1 aliphatic heterocycles. The van der Waals surface area contributed by atoms with Crippen molar-refractivity contribution in [1.82, 2.24) is 19.5 Å². The summed E-state index contributed by atoms with van der Waals surface area (Å²) in [4.78, 5) is 19.1. The first-order chi connectivity index (χ1) is 15.5. The average molecular weight is 462 g/mol. The highest BCUT2D eigenvalue weighted by Gasteiger charge is 2.31. The number of nitrogen functional groups attached to an aromatic ring is 1. The third-order valence-corrected chi connectivity index (χ3v) is 5.48. The molecule has 0 bridgehead atoms. The Kier molecular flexibility index (Phi) is 5.91. The molecule has 33 heavy (non-hydrogen) atoms. The Morgan fingerprint density at radius 2 is 2.06 bits per heavy atom. The van der Waals surface area contributed by atoms with Crippen molar-refractivity contribution in [2.75, 3.05) is 30.7 Å². The maximum atomic E-state index is 13.2. The van der Waals surface area contributed by atoms with E-state index in [2.05, 4.69) is 15.4 Å². The number of carbonyl (C=O) groups excluding carboxylic acids is 1. The van der Waals surface area contributed by atoms with Gasteiger partial charge in [-0.1, -0.05) is 0 Å². The summed E-state index contributed by atoms with van der Waals surface area (Å²) in [6.07, 6.45) is -2.87. The van der Waals surface area contributed by atoms with Crippen LogP contribution in [0.2, 0.25) is 0 Å². The lowest BCUT2D eigenvalue weighted by Gasteiger charge is -2.30. The minimum absolute atomic E-state index is 0.0211. The average Bonchev–Trinajstić information content (AvgIpc) is 3.16. The minimum Gasteiger partial charge on any atom is -0.399 e. The van der Waals surface area contributed by atoms with Crippen LogP contribution < -0.4 is 11.1 Å². The number of aryl methyl sites for hydroxylation is 1. The van der Waals surface area contributed by atoms with Crippen molar-refractivity contribution in [2.45, 2.75) is 39.1 Å². The number of morpholine rings is 1. The number of ether oxygens (including phenoxy) is 1. The van der Waals surface area contributed by atoms with Crippen molar-refractivity contribution in [3.63, 3.8) is 0 Å². The van der Waals surface area contributed by atoms with Crippen LogP contribution in [-0.4, -0.2) is 51.2 Å². The van der Waals surface area contributed by atoms with Gasteiger partial charge in [-0.3, -0.25) is 4.79 Å². The Hall–Kier alpha value is -3.34. The first-order valence-electron chi connectivity index (χ1n) is 10.5. The lowest BCUT2D eigenvalue weighted by Crippen LogP contribution is -2.44. The number of rotatable bonds is 4. The number of benzene rings is 1. The fourth-order valence-corrected chi connectivity index (χ4v) is 3.86. The highest BCUT2D eigenvalue weighted by molar-refractivity contribution is 5.94. The molecule has 3 aromatic rings. The number of aromatic nitrogens is 3. The number of nitrogens with one attached hydrogen (secondary N) is 1. The van der Waals surface area contributed by atoms with E-state index in [1.54, 1.807) is 35.5 Å². The van der Waals surface area contributed by atoms with E-state index in [4.69, 9.17) is 10.5 Å². The third kappa shape index (κ3) is 4.87. The lowest BCUT2D eigenvalue weighted by molar-refractivity contribution is -0.137. The monoisotopic (exact) mass is 462 g/mol. The van der Waals surface area contributed by atoms with Gasteiger partial charge in [0.15, 0.2) is 11.5 Å². The number of alkyl halides is 3. The van der Waals surface area contributed by atoms with E-state index < -0.39 is 17.8 Å². The molecule has 1 aromatic carbocycles. The van der Waals surface area contributed by atoms with Gasteiger partial charge in [0, 0.05) is 24.8 Å². The van der Waals surface area contributed by atoms with Crippen molar-refractivity contribution >= 4 is 22.9 Å². The van der Waals surface area contributed by atoms with Crippen molar-refractivity contribution in [3.8, 4) is 0 Å². The summed E-state index contributed by atoms with van der Waals surface area (Å²) in [5, 5.41) is 7.56. The van der Waals surface area contributed by atoms with Crippen LogP contribution >= 0.6 is 0 Å². The summed E-state index contributed by atoms with van der Waals surface area (Å²) >= 11 is 0. The summed E-state index contributed by atoms with van der Waals surface area (Å²) < 4.78 is 46.7. The molecule has 1 saturated heterocycles. The fourth-order valence-electron chi connectivity index (χ4n) is 3.86. The first-order valence-corrected chi connectivity index (χ1v) is 10.5. The SMILES string of the molecule is Cc1cn2nc(C(=O)N3CCOC(C)C3)cc2c(N[C@H](C)c2cc(N)cc(C(F)(F)F)c2)n1. The number of hydrogen-bond donors (Lipinski definition) is 2. The molecule has 1 amide bonds. The molecule has 1 unspecified atom stereocenters. The second kappa shape index (κ2) is 8.54. The Bertz CT molecular complexity index is 1190. The number of nitrogens with zero attached hydrogens (tertiary/aromatic N) is 4. The van der Waals surface area contributed by atoms with E-state index in [1.807, 2.05) is 6.92 Å². The molecule has 0 saturated carbocycles. The van der Waals surface area contributed by atoms with Crippen molar-refractivity contribution in [1.29, 1.82) is 0 Å². The predicted octanol–water partition coefficient (Wildman–Crippen LogP) is 3.67. The molecule has 1 aliphatic rings. The largest absolute Gasteiger partial charge is 0.416 e. The molecule has 2 aromatic heterocycles. The number of anilines is 2. The summed E-state index contributed by atoms with van der Waals surface area (Å²) in [5.41, 5.74) is 6.71. The zero-order valence-electron chi connectivity index (χ0n) is 18.5. The standard InChI is InChI=1S/C22H25F3N6O2/c1-12-10-31-19(9-18(29-31)21(32)30-4-5-33-13(2)11-30)20(27-12)28-14(3)15-6-16(22(23,24)25)8-17(26)7-15/h6-10,13-14H,4-5,11,26H2,1-3H3,(H,27,28)/t13?,14-/m1/s1. The summed E-state index contributed by atoms with van der Waals surface area (Å²) in [6.45, 7) is 6.81. The number of nitrogens with two attached hydrogens (primary N) is 1. The van der Waals surface area contributed by atoms with Gasteiger partial charge in [-0.15, -0.1) is 0 Å². The van der Waals surface area contributed by atoms with Crippen molar-refractivity contribution < 1.29 is 22.7 Å². The Morgan fingerprint density at radius 3 is 2.76 bits per heavy atom. The van der Waals surface area contributed by atoms with Gasteiger partial charge in [-0.25, -0.2) is 9.50 Å². The number of halogens is 3. The van der Waals surface area contributed by atoms with E-state index in [1.165, 1.54) is 6.07 Å². The summed E-state index contributed by atoms with van der Waals surface area (Å²) in [5.74, 6) is 0.191. The second-order valence-corrected chi connectivity index (χ2v) is 8.27. The summed E-state index contributed by atoms with van der Waals surface area (Å²) in [7, 11) is 0. The molecule has 176 valence electrons. The van der Waals surface area contributed by atoms with E-state index in [0.717, 1.165) is 12.1 Å². The molecule has 0 radical (unpaired) electrons. The van der Waals surface area contributed by atoms with E-state index in [0.29, 0.717) is 42.3 Å². The van der Waals surface area contributed by atoms with Crippen LogP contribution in [0.3, 0.4) is 0 Å². The van der Waals surface area contributed by atoms with Crippen LogP contribution in [0.5, 0.6) is 0 Å². The fraction of sp³-hybridized carbons (Fsp3) is 0.409. The molecular weight excluding hydrogens is 437 g/mol. The maximum Gasteiger partial charge on any atom is 0.416 e. The smallest absolute Gasteiger partial charge is 0.399 e. The molecule has 2 atom stereocenters. The van der Waals surface area contributed by atoms with E-state index in [9.17, 15) is 18.0 Å². The highest BCUT2D eigenvalue weighted by atomic mass is 19.4. The van der Waals surface area contributed by atoms with Crippen LogP contribution in [0.25, 0.3) is 5.52 Å². The first kappa shape index (κ1) is 22.8. The highest BCUT2D eigenvalue weighted by Crippen LogP contribution is 2.33. The van der Waals surface area contributed by atoms with Gasteiger partial charge >= 0.3 is 6.18 Å². The van der Waals surface area contributed by atoms with Gasteiger partial charge in [0.05, 0.1) is 36.2 Å². The molecule has 1 fully saturated rings. The van der Waals surface area contributed by atoms with Gasteiger partial charge in [-0.2, -0.15) is 18.3 Å². The Balaban J connectivity index is 1.64. The second-order valence-electron chi connectivity index (χ2n) is 8.27. The zero-order chi connectivity index (χ0) is 23.9. The molecule has 0 aliphatic carbocycles. The van der Waals surface area contributed by atoms with Gasteiger partial charge in [0.25, 0.3) is 5.91 Å². The molecule has 11 heteroatoms. The molecule has 0 spiro atoms. The quantitative estimate of drug-likeness (QED) is 0.574. The third-order valence-electron chi connectivity index (χ3n) is 5.48. The number of amides is 1. The Morgan fingerprint density at radius 1 is 1.30 bits per heavy atom. The van der Waals surface area contributed by atoms with Gasteiger partial charge in [-0.05, 0) is 44.5 Å². The normalized spacial score (nSPS) is 17.9. The topological polar surface area (TPSA) is 97.8 Å². The van der Waals surface area contributed by atoms with Crippen LogP contribution in [0.4, 0.5) is 24.7 Å². The van der Waals surface area contributed by atoms with E-state index >= 15 is 0 Å². The van der Waals surface area contributed by atoms with E-state index in [-0.39, 0.29) is 23.4 Å². The zero-order valence-corrected chi connectivity index (χ0v) is 18.5. The van der Waals surface area contributed by atoms with Crippen LogP contribution in [0.15, 0.2) is 30.5 Å². The maximum absolute atomic E-state index is 13.2. The summed E-state index contributed by atoms with van der Waals surface area (Å²) in [6, 6.07) is 4.55. The van der Waals surface area contributed by atoms with Gasteiger partial charge in [0.1, 0.15) is 5.52 Å². The van der Waals surface area contributed by atoms with Crippen molar-refractivity contribution in [3.05, 3.63) is 53.0 Å². The van der Waals surface area contributed by atoms with Gasteiger partial charge < -0.3 is 20.7 Å².